The molecule has 0 amide bonds. The van der Waals surface area contributed by atoms with Crippen LogP contribution in [0.5, 0.6) is 0 Å². The molecule has 4 aliphatic carbocycles. The minimum atomic E-state index is -1.53. The monoisotopic (exact) mass is 841 g/mol. The van der Waals surface area contributed by atoms with E-state index < -0.39 is 40.1 Å². The van der Waals surface area contributed by atoms with Crippen molar-refractivity contribution in [3.8, 4) is 0 Å². The van der Waals surface area contributed by atoms with Gasteiger partial charge in [-0.2, -0.15) is 0 Å². The number of nitrogens with one attached hydrogen (secondary N) is 2. The summed E-state index contributed by atoms with van der Waals surface area (Å²) in [5.41, 5.74) is 1.61. The highest BCUT2D eigenvalue weighted by Gasteiger charge is 2.77. The minimum absolute atomic E-state index is 0.0401. The number of aliphatic hydroxyl groups excluding tert-OH is 3. The largest absolute Gasteiger partial charge is 0.396 e. The summed E-state index contributed by atoms with van der Waals surface area (Å²) < 4.78 is 11.4. The van der Waals surface area contributed by atoms with Gasteiger partial charge in [0.2, 0.25) is 0 Å². The molecule has 1 aromatic rings. The van der Waals surface area contributed by atoms with Gasteiger partial charge in [-0.05, 0) is 126 Å². The predicted molar refractivity (Wildman–Crippen MR) is 240 cm³/mol. The molecule has 0 saturated heterocycles. The Balaban J connectivity index is 1.37. The average Bonchev–Trinajstić information content (AvgIpc) is 3.56. The van der Waals surface area contributed by atoms with E-state index in [-0.39, 0.29) is 43.8 Å². The van der Waals surface area contributed by atoms with Crippen LogP contribution in [0.4, 0.5) is 0 Å². The highest BCUT2D eigenvalue weighted by atomic mass is 16.5. The molecule has 7 N–H and O–H groups in total. The normalized spacial score (nSPS) is 36.9. The topological polar surface area (TPSA) is 161 Å². The van der Waals surface area contributed by atoms with Crippen molar-refractivity contribution in [2.24, 2.45) is 34.5 Å². The van der Waals surface area contributed by atoms with Crippen LogP contribution in [0, 0.1) is 34.5 Å². The molecule has 10 nitrogen and oxygen atoms in total. The molecule has 2 fully saturated rings. The summed E-state index contributed by atoms with van der Waals surface area (Å²) in [7, 11) is 3.56. The number of ether oxygens (including phenoxy) is 2. The maximum Gasteiger partial charge on any atom is 0.145 e. The van der Waals surface area contributed by atoms with E-state index in [0.717, 1.165) is 47.8 Å². The maximum atomic E-state index is 13.6. The number of aliphatic hydroxyl groups is 5. The minimum Gasteiger partial charge on any atom is -0.396 e. The molecule has 0 radical (unpaired) electrons. The van der Waals surface area contributed by atoms with Crippen LogP contribution in [-0.4, -0.2) is 109 Å². The van der Waals surface area contributed by atoms with Gasteiger partial charge >= 0.3 is 0 Å². The Labute approximate surface area is 363 Å². The first-order valence-electron chi connectivity index (χ1n) is 22.4. The number of hydrogen-bond acceptors (Lipinski definition) is 10. The van der Waals surface area contributed by atoms with Crippen molar-refractivity contribution >= 4 is 6.29 Å². The van der Waals surface area contributed by atoms with E-state index in [4.69, 9.17) is 9.47 Å². The summed E-state index contributed by atoms with van der Waals surface area (Å²) >= 11 is 0. The molecule has 5 aliphatic rings. The number of allylic oxidation sites excluding steroid dienone is 10. The van der Waals surface area contributed by atoms with E-state index in [9.17, 15) is 30.3 Å². The second-order valence-corrected chi connectivity index (χ2v) is 18.9. The molecule has 1 aliphatic heterocycles. The molecular weight excluding hydrogens is 769 g/mol. The van der Waals surface area contributed by atoms with Gasteiger partial charge in [-0.1, -0.05) is 90.6 Å². The van der Waals surface area contributed by atoms with Gasteiger partial charge < -0.3 is 40.3 Å². The number of hydrogen-bond donors (Lipinski definition) is 7. The molecular formula is C51H72N2O8. The van der Waals surface area contributed by atoms with Gasteiger partial charge in [-0.25, -0.2) is 0 Å². The number of aldehydes is 1. The third-order valence-corrected chi connectivity index (χ3v) is 15.1. The summed E-state index contributed by atoms with van der Waals surface area (Å²) in [6.07, 6.45) is 21.5. The summed E-state index contributed by atoms with van der Waals surface area (Å²) in [6.45, 7) is 11.7. The second kappa shape index (κ2) is 19.6. The van der Waals surface area contributed by atoms with E-state index in [1.54, 1.807) is 7.11 Å². The van der Waals surface area contributed by atoms with E-state index >= 15 is 0 Å². The van der Waals surface area contributed by atoms with Gasteiger partial charge in [0.05, 0.1) is 31.0 Å². The third kappa shape index (κ3) is 9.08. The van der Waals surface area contributed by atoms with Crippen molar-refractivity contribution < 1.29 is 39.8 Å². The molecule has 4 bridgehead atoms. The SMILES string of the molecule is C=C(C=CC=C(COCCO)C1CCC23C4C(=C(C)C=O)C(C=CC4(CCO)C=CC12O)CC3(O)CCNC)C1CC=C(C)C(O)NC(C)(CCOC)Cc2cccc(c2)C1. The Morgan fingerprint density at radius 3 is 2.59 bits per heavy atom. The fourth-order valence-electron chi connectivity index (χ4n) is 12.1. The van der Waals surface area contributed by atoms with Crippen molar-refractivity contribution in [1.29, 1.82) is 0 Å². The molecule has 10 heteroatoms. The molecule has 1 spiro atoms. The van der Waals surface area contributed by atoms with Gasteiger partial charge in [-0.3, -0.25) is 10.1 Å². The molecule has 2 saturated carbocycles. The Morgan fingerprint density at radius 1 is 1.08 bits per heavy atom. The first kappa shape index (κ1) is 47.2. The summed E-state index contributed by atoms with van der Waals surface area (Å²) in [6, 6.07) is 8.66. The molecule has 61 heavy (non-hydrogen) atoms. The van der Waals surface area contributed by atoms with Gasteiger partial charge in [0.15, 0.2) is 0 Å². The zero-order valence-electron chi connectivity index (χ0n) is 37.2. The standard InChI is InChI=1S/C51H72N2O8/c1-35(40-14-13-36(2)46(57)53-47(4,23-27-60-6)31-39-11-8-10-38(29-39)30-40)9-7-12-42(34-61-28-26-55)43-16-18-50-45-44(37(3)33-56)41(32-49(50,58)21-24-52-5)15-17-48(45,22-25-54)19-20-51(43,50)59/h7-13,15,17,19-20,29,33,40-41,43,45-46,52-55,57-59H,1,14,16,18,21-28,30-32,34H2,2-6H3. The summed E-state index contributed by atoms with van der Waals surface area (Å²) in [4.78, 5) is 12.6. The number of methoxy groups -OCH3 is 1. The quantitative estimate of drug-likeness (QED) is 0.0345. The molecule has 6 rings (SSSR count). The average molecular weight is 841 g/mol. The summed E-state index contributed by atoms with van der Waals surface area (Å²) in [5.74, 6) is -0.995. The lowest BCUT2D eigenvalue weighted by atomic mass is 9.37. The Hall–Kier alpha value is -3.29. The van der Waals surface area contributed by atoms with Gasteiger partial charge in [-0.15, -0.1) is 0 Å². The number of carbonyl (C=O) groups excluding carboxylic acids is 1. The smallest absolute Gasteiger partial charge is 0.145 e. The van der Waals surface area contributed by atoms with Crippen molar-refractivity contribution in [3.63, 3.8) is 0 Å². The molecule has 10 unspecified atom stereocenters. The Kier molecular flexibility index (Phi) is 15.2. The van der Waals surface area contributed by atoms with Crippen LogP contribution in [0.2, 0.25) is 0 Å². The lowest BCUT2D eigenvalue weighted by molar-refractivity contribution is -0.233. The maximum absolute atomic E-state index is 13.6. The zero-order valence-corrected chi connectivity index (χ0v) is 37.2. The van der Waals surface area contributed by atoms with Gasteiger partial charge in [0.25, 0.3) is 0 Å². The first-order chi connectivity index (χ1) is 29.2. The summed E-state index contributed by atoms with van der Waals surface area (Å²) in [5, 5.41) is 65.0. The zero-order chi connectivity index (χ0) is 44.1. The van der Waals surface area contributed by atoms with Crippen LogP contribution in [-0.2, 0) is 27.1 Å². The highest BCUT2D eigenvalue weighted by Crippen LogP contribution is 2.75. The van der Waals surface area contributed by atoms with Crippen LogP contribution >= 0.6 is 0 Å². The number of rotatable bonds is 17. The number of fused-ring (bicyclic) bond motifs is 3. The lowest BCUT2D eigenvalue weighted by Crippen LogP contribution is -2.72. The molecule has 10 atom stereocenters. The number of carbonyl (C=O) groups is 1. The second-order valence-electron chi connectivity index (χ2n) is 18.9. The first-order valence-corrected chi connectivity index (χ1v) is 22.4. The Morgan fingerprint density at radius 2 is 1.87 bits per heavy atom. The Bertz CT molecular complexity index is 1930. The molecule has 1 aromatic carbocycles. The van der Waals surface area contributed by atoms with E-state index in [1.165, 1.54) is 11.1 Å². The number of benzene rings is 1. The van der Waals surface area contributed by atoms with Gasteiger partial charge in [0, 0.05) is 54.4 Å². The third-order valence-electron chi connectivity index (χ3n) is 15.1. The van der Waals surface area contributed by atoms with Crippen molar-refractivity contribution in [1.82, 2.24) is 10.6 Å². The van der Waals surface area contributed by atoms with Crippen LogP contribution < -0.4 is 10.6 Å². The van der Waals surface area contributed by atoms with Crippen LogP contribution in [0.1, 0.15) is 76.8 Å². The van der Waals surface area contributed by atoms with E-state index in [2.05, 4.69) is 66.6 Å². The molecule has 0 aromatic heterocycles. The van der Waals surface area contributed by atoms with E-state index in [0.29, 0.717) is 57.2 Å². The molecule has 1 heterocycles. The van der Waals surface area contributed by atoms with E-state index in [1.807, 2.05) is 51.3 Å². The fraction of sp³-hybridized carbons (Fsp3) is 0.588. The van der Waals surface area contributed by atoms with Crippen molar-refractivity contribution in [2.45, 2.75) is 102 Å². The predicted octanol–water partition coefficient (Wildman–Crippen LogP) is 5.62. The fourth-order valence-corrected chi connectivity index (χ4v) is 12.1. The van der Waals surface area contributed by atoms with Crippen LogP contribution in [0.25, 0.3) is 0 Å². The van der Waals surface area contributed by atoms with Crippen LogP contribution in [0.3, 0.4) is 0 Å². The van der Waals surface area contributed by atoms with Crippen LogP contribution in [0.15, 0.2) is 107 Å². The van der Waals surface area contributed by atoms with Crippen molar-refractivity contribution in [3.05, 3.63) is 118 Å². The van der Waals surface area contributed by atoms with Gasteiger partial charge in [0.1, 0.15) is 12.5 Å². The van der Waals surface area contributed by atoms with Crippen molar-refractivity contribution in [2.75, 3.05) is 53.7 Å². The lowest BCUT2D eigenvalue weighted by Gasteiger charge is -2.68. The molecule has 334 valence electrons. The highest BCUT2D eigenvalue weighted by molar-refractivity contribution is 5.75.